The Morgan fingerprint density at radius 2 is 2.24 bits per heavy atom. The standard InChI is InChI=1S/C14H17ClN2O3S/c1-3-17(6-4-5-16)21(18,19)12-8-11-7-10(2)20-14(11)13(15)9-12/h8-10H,3-4,6-7H2,1-2H3/t10-/m0/s1. The molecule has 114 valence electrons. The molecule has 0 unspecified atom stereocenters. The molecule has 1 aliphatic rings. The fourth-order valence-electron chi connectivity index (χ4n) is 2.38. The van der Waals surface area contributed by atoms with Gasteiger partial charge in [-0.3, -0.25) is 0 Å². The van der Waals surface area contributed by atoms with Gasteiger partial charge in [-0.2, -0.15) is 9.57 Å². The van der Waals surface area contributed by atoms with Crippen LogP contribution in [0, 0.1) is 11.3 Å². The number of hydrogen-bond acceptors (Lipinski definition) is 4. The highest BCUT2D eigenvalue weighted by molar-refractivity contribution is 7.89. The number of ether oxygens (including phenoxy) is 1. The predicted molar refractivity (Wildman–Crippen MR) is 79.9 cm³/mol. The molecule has 1 aromatic carbocycles. The van der Waals surface area contributed by atoms with Crippen molar-refractivity contribution in [2.45, 2.75) is 37.7 Å². The molecule has 21 heavy (non-hydrogen) atoms. The van der Waals surface area contributed by atoms with E-state index in [0.717, 1.165) is 5.56 Å². The van der Waals surface area contributed by atoms with Crippen LogP contribution in [0.3, 0.4) is 0 Å². The maximum Gasteiger partial charge on any atom is 0.243 e. The van der Waals surface area contributed by atoms with Gasteiger partial charge in [0, 0.05) is 31.5 Å². The molecular formula is C14H17ClN2O3S. The Kier molecular flexibility index (Phi) is 4.77. The second-order valence-electron chi connectivity index (χ2n) is 4.93. The van der Waals surface area contributed by atoms with E-state index in [0.29, 0.717) is 23.7 Å². The molecule has 0 saturated heterocycles. The van der Waals surface area contributed by atoms with Crippen LogP contribution in [0.1, 0.15) is 25.8 Å². The van der Waals surface area contributed by atoms with Crippen molar-refractivity contribution in [2.24, 2.45) is 0 Å². The minimum absolute atomic E-state index is 0.00341. The van der Waals surface area contributed by atoms with Gasteiger partial charge in [0.25, 0.3) is 0 Å². The maximum absolute atomic E-state index is 12.6. The van der Waals surface area contributed by atoms with Gasteiger partial charge in [-0.1, -0.05) is 18.5 Å². The Labute approximate surface area is 130 Å². The third-order valence-corrected chi connectivity index (χ3v) is 5.62. The lowest BCUT2D eigenvalue weighted by molar-refractivity contribution is 0.255. The summed E-state index contributed by atoms with van der Waals surface area (Å²) >= 11 is 6.14. The zero-order valence-corrected chi connectivity index (χ0v) is 13.5. The van der Waals surface area contributed by atoms with Gasteiger partial charge in [0.05, 0.1) is 16.0 Å². The Morgan fingerprint density at radius 3 is 2.86 bits per heavy atom. The molecule has 0 spiro atoms. The second kappa shape index (κ2) is 6.22. The number of rotatable bonds is 5. The van der Waals surface area contributed by atoms with Gasteiger partial charge in [-0.15, -0.1) is 0 Å². The van der Waals surface area contributed by atoms with Gasteiger partial charge in [0.15, 0.2) is 0 Å². The largest absolute Gasteiger partial charge is 0.489 e. The number of nitriles is 1. The SMILES string of the molecule is CCN(CCC#N)S(=O)(=O)c1cc(Cl)c2c(c1)C[C@H](C)O2. The average molecular weight is 329 g/mol. The molecule has 1 atom stereocenters. The Balaban J connectivity index is 2.40. The van der Waals surface area contributed by atoms with Gasteiger partial charge in [0.1, 0.15) is 11.9 Å². The summed E-state index contributed by atoms with van der Waals surface area (Å²) in [6.07, 6.45) is 0.797. The first kappa shape index (κ1) is 16.1. The van der Waals surface area contributed by atoms with Gasteiger partial charge >= 0.3 is 0 Å². The summed E-state index contributed by atoms with van der Waals surface area (Å²) in [7, 11) is -3.64. The molecule has 0 aliphatic carbocycles. The Bertz CT molecular complexity index is 682. The molecule has 0 fully saturated rings. The second-order valence-corrected chi connectivity index (χ2v) is 7.28. The number of nitrogens with zero attached hydrogens (tertiary/aromatic N) is 2. The summed E-state index contributed by atoms with van der Waals surface area (Å²) in [4.78, 5) is 0.156. The number of sulfonamides is 1. The quantitative estimate of drug-likeness (QED) is 0.833. The van der Waals surface area contributed by atoms with Crippen LogP contribution < -0.4 is 4.74 Å². The van der Waals surface area contributed by atoms with E-state index in [9.17, 15) is 8.42 Å². The van der Waals surface area contributed by atoms with E-state index in [2.05, 4.69) is 0 Å². The monoisotopic (exact) mass is 328 g/mol. The Morgan fingerprint density at radius 1 is 1.52 bits per heavy atom. The van der Waals surface area contributed by atoms with E-state index in [1.165, 1.54) is 10.4 Å². The lowest BCUT2D eigenvalue weighted by atomic mass is 10.1. The van der Waals surface area contributed by atoms with Gasteiger partial charge in [-0.05, 0) is 19.1 Å². The zero-order chi connectivity index (χ0) is 15.6. The van der Waals surface area contributed by atoms with Crippen LogP contribution >= 0.6 is 11.6 Å². The molecule has 0 radical (unpaired) electrons. The average Bonchev–Trinajstić information content (AvgIpc) is 2.80. The highest BCUT2D eigenvalue weighted by atomic mass is 35.5. The van der Waals surface area contributed by atoms with Crippen molar-refractivity contribution in [3.63, 3.8) is 0 Å². The fourth-order valence-corrected chi connectivity index (χ4v) is 4.26. The molecule has 0 bridgehead atoms. The van der Waals surface area contributed by atoms with E-state index >= 15 is 0 Å². The first-order valence-electron chi connectivity index (χ1n) is 6.76. The van der Waals surface area contributed by atoms with Crippen molar-refractivity contribution in [1.82, 2.24) is 4.31 Å². The van der Waals surface area contributed by atoms with E-state index in [4.69, 9.17) is 21.6 Å². The molecule has 7 heteroatoms. The normalized spacial score (nSPS) is 17.4. The van der Waals surface area contributed by atoms with Crippen molar-refractivity contribution >= 4 is 21.6 Å². The number of fused-ring (bicyclic) bond motifs is 1. The highest BCUT2D eigenvalue weighted by Crippen LogP contribution is 2.38. The minimum Gasteiger partial charge on any atom is -0.489 e. The van der Waals surface area contributed by atoms with E-state index in [1.807, 2.05) is 13.0 Å². The lowest BCUT2D eigenvalue weighted by Gasteiger charge is -2.19. The van der Waals surface area contributed by atoms with Crippen LogP contribution in [0.15, 0.2) is 17.0 Å². The molecular weight excluding hydrogens is 312 g/mol. The molecule has 0 aromatic heterocycles. The van der Waals surface area contributed by atoms with Crippen molar-refractivity contribution in [2.75, 3.05) is 13.1 Å². The molecule has 1 heterocycles. The predicted octanol–water partition coefficient (Wildman–Crippen LogP) is 2.59. The lowest BCUT2D eigenvalue weighted by Crippen LogP contribution is -2.31. The summed E-state index contributed by atoms with van der Waals surface area (Å²) < 4.78 is 32.1. The van der Waals surface area contributed by atoms with Crippen LogP contribution in [0.2, 0.25) is 5.02 Å². The molecule has 1 aromatic rings. The number of hydrogen-bond donors (Lipinski definition) is 0. The number of benzene rings is 1. The third-order valence-electron chi connectivity index (χ3n) is 3.38. The smallest absolute Gasteiger partial charge is 0.243 e. The maximum atomic E-state index is 12.6. The summed E-state index contributed by atoms with van der Waals surface area (Å²) in [5.41, 5.74) is 0.810. The van der Waals surface area contributed by atoms with Crippen molar-refractivity contribution in [3.05, 3.63) is 22.7 Å². The molecule has 0 amide bonds. The molecule has 0 saturated carbocycles. The van der Waals surface area contributed by atoms with Crippen molar-refractivity contribution in [1.29, 1.82) is 5.26 Å². The highest BCUT2D eigenvalue weighted by Gasteiger charge is 2.28. The summed E-state index contributed by atoms with van der Waals surface area (Å²) in [5.74, 6) is 0.572. The molecule has 1 aliphatic heterocycles. The fraction of sp³-hybridized carbons (Fsp3) is 0.500. The van der Waals surface area contributed by atoms with E-state index in [1.54, 1.807) is 13.0 Å². The van der Waals surface area contributed by atoms with Crippen LogP contribution in [0.25, 0.3) is 0 Å². The van der Waals surface area contributed by atoms with Crippen molar-refractivity contribution < 1.29 is 13.2 Å². The third kappa shape index (κ3) is 3.15. The molecule has 2 rings (SSSR count). The van der Waals surface area contributed by atoms with Crippen LogP contribution in [0.4, 0.5) is 0 Å². The summed E-state index contributed by atoms with van der Waals surface area (Å²) in [6.45, 7) is 4.15. The topological polar surface area (TPSA) is 70.4 Å². The first-order chi connectivity index (χ1) is 9.90. The summed E-state index contributed by atoms with van der Waals surface area (Å²) in [5, 5.41) is 8.95. The molecule has 0 N–H and O–H groups in total. The number of halogens is 1. The Hall–Kier alpha value is -1.29. The van der Waals surface area contributed by atoms with Gasteiger partial charge in [0.2, 0.25) is 10.0 Å². The van der Waals surface area contributed by atoms with Gasteiger partial charge in [-0.25, -0.2) is 8.42 Å². The molecule has 5 nitrogen and oxygen atoms in total. The van der Waals surface area contributed by atoms with Crippen LogP contribution in [-0.4, -0.2) is 31.9 Å². The van der Waals surface area contributed by atoms with Crippen LogP contribution in [0.5, 0.6) is 5.75 Å². The van der Waals surface area contributed by atoms with Crippen LogP contribution in [-0.2, 0) is 16.4 Å². The van der Waals surface area contributed by atoms with Crippen molar-refractivity contribution in [3.8, 4) is 11.8 Å². The zero-order valence-electron chi connectivity index (χ0n) is 12.0. The van der Waals surface area contributed by atoms with Gasteiger partial charge < -0.3 is 4.74 Å². The summed E-state index contributed by atoms with van der Waals surface area (Å²) in [6, 6.07) is 5.00. The minimum atomic E-state index is -3.64. The first-order valence-corrected chi connectivity index (χ1v) is 8.58. The van der Waals surface area contributed by atoms with E-state index < -0.39 is 10.0 Å². The van der Waals surface area contributed by atoms with E-state index in [-0.39, 0.29) is 24.0 Å².